The first-order valence-corrected chi connectivity index (χ1v) is 14.9. The van der Waals surface area contributed by atoms with Gasteiger partial charge in [0.2, 0.25) is 11.8 Å². The van der Waals surface area contributed by atoms with Crippen LogP contribution >= 0.6 is 0 Å². The summed E-state index contributed by atoms with van der Waals surface area (Å²) in [4.78, 5) is 39.2. The molecule has 224 valence electrons. The van der Waals surface area contributed by atoms with E-state index >= 15 is 0 Å². The minimum absolute atomic E-state index is 0.0657. The lowest BCUT2D eigenvalue weighted by Crippen LogP contribution is -2.53. The summed E-state index contributed by atoms with van der Waals surface area (Å²) in [7, 11) is -3.01. The van der Waals surface area contributed by atoms with Gasteiger partial charge in [0, 0.05) is 24.2 Å². The standard InChI is InChI=1S/C30H36N4O7S/c1-6-27(30(36)31-21(2)3)32(19-23-10-8-7-9-11-23)29(35)20-33(24-13-15-25(41-5)16-14-24)42(39,40)26-17-12-22(4)28(18-26)34(37)38/h7-18,21,27H,6,19-20H2,1-5H3,(H,31,36)/t27-/m1/s1. The largest absolute Gasteiger partial charge is 0.497 e. The summed E-state index contributed by atoms with van der Waals surface area (Å²) in [6, 6.07) is 17.7. The van der Waals surface area contributed by atoms with Gasteiger partial charge in [-0.15, -0.1) is 0 Å². The molecule has 0 spiro atoms. The molecule has 0 aliphatic heterocycles. The number of benzene rings is 3. The molecule has 2 amide bonds. The lowest BCUT2D eigenvalue weighted by molar-refractivity contribution is -0.385. The van der Waals surface area contributed by atoms with Crippen LogP contribution in [0.15, 0.2) is 77.7 Å². The highest BCUT2D eigenvalue weighted by Gasteiger charge is 2.34. The number of sulfonamides is 1. The molecule has 42 heavy (non-hydrogen) atoms. The van der Waals surface area contributed by atoms with Crippen molar-refractivity contribution in [2.75, 3.05) is 18.0 Å². The number of methoxy groups -OCH3 is 1. The Labute approximate surface area is 246 Å². The zero-order valence-electron chi connectivity index (χ0n) is 24.3. The van der Waals surface area contributed by atoms with E-state index in [0.717, 1.165) is 15.9 Å². The van der Waals surface area contributed by atoms with E-state index in [2.05, 4.69) is 5.32 Å². The van der Waals surface area contributed by atoms with Gasteiger partial charge in [-0.1, -0.05) is 43.3 Å². The zero-order valence-corrected chi connectivity index (χ0v) is 25.1. The van der Waals surface area contributed by atoms with E-state index in [1.807, 2.05) is 44.2 Å². The number of amides is 2. The Morgan fingerprint density at radius 3 is 2.21 bits per heavy atom. The van der Waals surface area contributed by atoms with Crippen molar-refractivity contribution < 1.29 is 27.7 Å². The monoisotopic (exact) mass is 596 g/mol. The van der Waals surface area contributed by atoms with Gasteiger partial charge in [0.25, 0.3) is 15.7 Å². The van der Waals surface area contributed by atoms with E-state index in [9.17, 15) is 28.1 Å². The molecule has 0 aliphatic carbocycles. The molecular weight excluding hydrogens is 560 g/mol. The van der Waals surface area contributed by atoms with Crippen molar-refractivity contribution in [2.45, 2.75) is 57.6 Å². The molecule has 3 aromatic rings. The molecule has 1 atom stereocenters. The third-order valence-electron chi connectivity index (χ3n) is 6.62. The predicted octanol–water partition coefficient (Wildman–Crippen LogP) is 4.44. The average Bonchev–Trinajstić information content (AvgIpc) is 2.95. The van der Waals surface area contributed by atoms with Crippen LogP contribution < -0.4 is 14.4 Å². The van der Waals surface area contributed by atoms with Crippen molar-refractivity contribution >= 4 is 33.2 Å². The molecule has 0 heterocycles. The lowest BCUT2D eigenvalue weighted by atomic mass is 10.1. The van der Waals surface area contributed by atoms with Crippen LogP contribution in [0.3, 0.4) is 0 Å². The molecular formula is C30H36N4O7S. The Bertz CT molecular complexity index is 1510. The van der Waals surface area contributed by atoms with E-state index in [-0.39, 0.29) is 41.2 Å². The number of aryl methyl sites for hydroxylation is 1. The molecule has 0 saturated carbocycles. The molecule has 0 saturated heterocycles. The fourth-order valence-electron chi connectivity index (χ4n) is 4.43. The van der Waals surface area contributed by atoms with E-state index in [0.29, 0.717) is 11.3 Å². The number of hydrogen-bond acceptors (Lipinski definition) is 7. The molecule has 1 N–H and O–H groups in total. The Balaban J connectivity index is 2.11. The fraction of sp³-hybridized carbons (Fsp3) is 0.333. The number of nitro benzene ring substituents is 1. The number of hydrogen-bond donors (Lipinski definition) is 1. The third kappa shape index (κ3) is 7.64. The molecule has 3 aromatic carbocycles. The average molecular weight is 597 g/mol. The normalized spacial score (nSPS) is 12.0. The molecule has 0 aromatic heterocycles. The minimum Gasteiger partial charge on any atom is -0.497 e. The lowest BCUT2D eigenvalue weighted by Gasteiger charge is -2.33. The smallest absolute Gasteiger partial charge is 0.273 e. The van der Waals surface area contributed by atoms with Gasteiger partial charge in [-0.05, 0) is 63.1 Å². The van der Waals surface area contributed by atoms with Gasteiger partial charge in [-0.2, -0.15) is 0 Å². The number of nitro groups is 1. The number of nitrogens with zero attached hydrogens (tertiary/aromatic N) is 3. The van der Waals surface area contributed by atoms with Crippen molar-refractivity contribution in [3.8, 4) is 5.75 Å². The first-order valence-electron chi connectivity index (χ1n) is 13.4. The van der Waals surface area contributed by atoms with Crippen molar-refractivity contribution in [1.82, 2.24) is 10.2 Å². The Morgan fingerprint density at radius 2 is 1.67 bits per heavy atom. The summed E-state index contributed by atoms with van der Waals surface area (Å²) in [5.74, 6) is -0.508. The van der Waals surface area contributed by atoms with Crippen LogP contribution in [0.25, 0.3) is 0 Å². The number of carbonyl (C=O) groups excluding carboxylic acids is 2. The van der Waals surface area contributed by atoms with Crippen LogP contribution in [-0.2, 0) is 26.2 Å². The summed E-state index contributed by atoms with van der Waals surface area (Å²) in [5.41, 5.74) is 0.836. The first kappa shape index (κ1) is 32.1. The highest BCUT2D eigenvalue weighted by Crippen LogP contribution is 2.29. The number of ether oxygens (including phenoxy) is 1. The SMILES string of the molecule is CC[C@H](C(=O)NC(C)C)N(Cc1ccccc1)C(=O)CN(c1ccc(OC)cc1)S(=O)(=O)c1ccc(C)c([N+](=O)[O-])c1. The summed E-state index contributed by atoms with van der Waals surface area (Å²) in [6.45, 7) is 6.32. The van der Waals surface area contributed by atoms with E-state index in [1.54, 1.807) is 19.1 Å². The molecule has 11 nitrogen and oxygen atoms in total. The van der Waals surface area contributed by atoms with Crippen molar-refractivity contribution in [3.63, 3.8) is 0 Å². The Morgan fingerprint density at radius 1 is 1.02 bits per heavy atom. The topological polar surface area (TPSA) is 139 Å². The molecule has 12 heteroatoms. The molecule has 0 bridgehead atoms. The summed E-state index contributed by atoms with van der Waals surface area (Å²) in [6.07, 6.45) is 0.288. The highest BCUT2D eigenvalue weighted by molar-refractivity contribution is 7.92. The van der Waals surface area contributed by atoms with Crippen LogP contribution in [0.1, 0.15) is 38.3 Å². The zero-order chi connectivity index (χ0) is 31.0. The second kappa shape index (κ2) is 13.9. The second-order valence-corrected chi connectivity index (χ2v) is 11.9. The van der Waals surface area contributed by atoms with Gasteiger partial charge in [-0.25, -0.2) is 8.42 Å². The van der Waals surface area contributed by atoms with Gasteiger partial charge in [-0.3, -0.25) is 24.0 Å². The molecule has 3 rings (SSSR count). The first-order chi connectivity index (χ1) is 19.9. The molecule has 0 fully saturated rings. The Kier molecular flexibility index (Phi) is 10.6. The van der Waals surface area contributed by atoms with Gasteiger partial charge >= 0.3 is 0 Å². The van der Waals surface area contributed by atoms with E-state index in [1.165, 1.54) is 43.2 Å². The number of anilines is 1. The van der Waals surface area contributed by atoms with Crippen LogP contribution in [0, 0.1) is 17.0 Å². The molecule has 0 unspecified atom stereocenters. The Hall–Kier alpha value is -4.45. The highest BCUT2D eigenvalue weighted by atomic mass is 32.2. The van der Waals surface area contributed by atoms with Gasteiger partial charge < -0.3 is 15.0 Å². The van der Waals surface area contributed by atoms with Gasteiger partial charge in [0.1, 0.15) is 18.3 Å². The maximum atomic E-state index is 14.1. The van der Waals surface area contributed by atoms with Gasteiger partial charge in [0.15, 0.2) is 0 Å². The quantitative estimate of drug-likeness (QED) is 0.227. The van der Waals surface area contributed by atoms with Crippen molar-refractivity contribution in [3.05, 3.63) is 94.0 Å². The second-order valence-electron chi connectivity index (χ2n) is 10.0. The number of rotatable bonds is 13. The van der Waals surface area contributed by atoms with Crippen LogP contribution in [0.5, 0.6) is 5.75 Å². The van der Waals surface area contributed by atoms with Crippen LogP contribution in [0.4, 0.5) is 11.4 Å². The number of nitrogens with one attached hydrogen (secondary N) is 1. The fourth-order valence-corrected chi connectivity index (χ4v) is 5.87. The number of carbonyl (C=O) groups is 2. The minimum atomic E-state index is -4.48. The third-order valence-corrected chi connectivity index (χ3v) is 8.39. The van der Waals surface area contributed by atoms with Crippen molar-refractivity contribution in [2.24, 2.45) is 0 Å². The van der Waals surface area contributed by atoms with E-state index < -0.39 is 33.4 Å². The maximum Gasteiger partial charge on any atom is 0.273 e. The summed E-state index contributed by atoms with van der Waals surface area (Å²) >= 11 is 0. The van der Waals surface area contributed by atoms with Crippen LogP contribution in [0.2, 0.25) is 0 Å². The maximum absolute atomic E-state index is 14.1. The summed E-state index contributed by atoms with van der Waals surface area (Å²) in [5, 5.41) is 14.4. The predicted molar refractivity (Wildman–Crippen MR) is 160 cm³/mol. The van der Waals surface area contributed by atoms with E-state index in [4.69, 9.17) is 4.74 Å². The van der Waals surface area contributed by atoms with Crippen molar-refractivity contribution in [1.29, 1.82) is 0 Å². The molecule has 0 radical (unpaired) electrons. The molecule has 0 aliphatic rings. The van der Waals surface area contributed by atoms with Gasteiger partial charge in [0.05, 0.1) is 22.6 Å². The summed E-state index contributed by atoms with van der Waals surface area (Å²) < 4.78 is 34.2. The van der Waals surface area contributed by atoms with Crippen LogP contribution in [-0.4, -0.2) is 55.8 Å².